The second-order valence-corrected chi connectivity index (χ2v) is 7.79. The van der Waals surface area contributed by atoms with Crippen LogP contribution in [0.25, 0.3) is 0 Å². The third-order valence-electron chi connectivity index (χ3n) is 4.59. The minimum atomic E-state index is -0.538. The normalized spacial score (nSPS) is 39.1. The molecule has 3 nitrogen and oxygen atoms in total. The van der Waals surface area contributed by atoms with E-state index in [2.05, 4.69) is 31.0 Å². The van der Waals surface area contributed by atoms with Crippen molar-refractivity contribution in [3.05, 3.63) is 0 Å². The molecule has 0 radical (unpaired) electrons. The first-order valence-electron chi connectivity index (χ1n) is 7.46. The van der Waals surface area contributed by atoms with Crippen molar-refractivity contribution in [3.63, 3.8) is 0 Å². The fourth-order valence-corrected chi connectivity index (χ4v) is 4.51. The highest BCUT2D eigenvalue weighted by molar-refractivity contribution is 7.85. The molecule has 0 amide bonds. The zero-order chi connectivity index (χ0) is 13.1. The van der Waals surface area contributed by atoms with Crippen LogP contribution < -0.4 is 5.32 Å². The van der Waals surface area contributed by atoms with Crippen LogP contribution in [-0.2, 0) is 10.8 Å². The van der Waals surface area contributed by atoms with Crippen LogP contribution in [0.15, 0.2) is 0 Å². The van der Waals surface area contributed by atoms with E-state index in [1.165, 1.54) is 13.0 Å². The summed E-state index contributed by atoms with van der Waals surface area (Å²) in [6.45, 7) is 9.19. The number of piperazine rings is 1. The van der Waals surface area contributed by atoms with Crippen molar-refractivity contribution in [2.24, 2.45) is 5.92 Å². The van der Waals surface area contributed by atoms with E-state index >= 15 is 0 Å². The molecular weight excluding hydrogens is 244 g/mol. The first-order chi connectivity index (χ1) is 8.61. The first kappa shape index (κ1) is 14.5. The Kier molecular flexibility index (Phi) is 5.22. The maximum atomic E-state index is 11.5. The highest BCUT2D eigenvalue weighted by Gasteiger charge is 2.34. The molecule has 2 fully saturated rings. The zero-order valence-corrected chi connectivity index (χ0v) is 12.8. The van der Waals surface area contributed by atoms with Gasteiger partial charge < -0.3 is 5.32 Å². The van der Waals surface area contributed by atoms with Crippen molar-refractivity contribution in [2.75, 3.05) is 24.6 Å². The van der Waals surface area contributed by atoms with E-state index in [1.54, 1.807) is 0 Å². The minimum Gasteiger partial charge on any atom is -0.311 e. The summed E-state index contributed by atoms with van der Waals surface area (Å²) >= 11 is 0. The predicted octanol–water partition coefficient (Wildman–Crippen LogP) is 1.61. The molecule has 2 atom stereocenters. The van der Waals surface area contributed by atoms with Crippen LogP contribution in [0.4, 0.5) is 0 Å². The van der Waals surface area contributed by atoms with Crippen LogP contribution >= 0.6 is 0 Å². The summed E-state index contributed by atoms with van der Waals surface area (Å²) < 4.78 is 11.5. The third-order valence-corrected chi connectivity index (χ3v) is 5.98. The molecule has 2 aliphatic rings. The van der Waals surface area contributed by atoms with Gasteiger partial charge in [-0.15, -0.1) is 0 Å². The average Bonchev–Trinajstić information content (AvgIpc) is 2.39. The van der Waals surface area contributed by atoms with Gasteiger partial charge in [-0.05, 0) is 25.2 Å². The second kappa shape index (κ2) is 6.49. The lowest BCUT2D eigenvalue weighted by Gasteiger charge is -2.46. The standard InChI is InChI=1S/C14H28N2OS/c1-4-12-9-15-14(11(2)3)10-16(12)13-5-7-18(17)8-6-13/h11-15H,4-10H2,1-3H3. The molecule has 2 rings (SSSR count). The molecule has 0 aliphatic carbocycles. The van der Waals surface area contributed by atoms with Crippen molar-refractivity contribution < 1.29 is 4.21 Å². The highest BCUT2D eigenvalue weighted by Crippen LogP contribution is 2.23. The quantitative estimate of drug-likeness (QED) is 0.847. The van der Waals surface area contributed by atoms with E-state index < -0.39 is 10.8 Å². The Morgan fingerprint density at radius 2 is 2.00 bits per heavy atom. The predicted molar refractivity (Wildman–Crippen MR) is 78.3 cm³/mol. The number of hydrogen-bond acceptors (Lipinski definition) is 3. The summed E-state index contributed by atoms with van der Waals surface area (Å²) in [5.41, 5.74) is 0. The van der Waals surface area contributed by atoms with E-state index in [0.29, 0.717) is 24.0 Å². The number of nitrogens with one attached hydrogen (secondary N) is 1. The fourth-order valence-electron chi connectivity index (χ4n) is 3.23. The molecule has 4 heteroatoms. The summed E-state index contributed by atoms with van der Waals surface area (Å²) in [7, 11) is -0.538. The van der Waals surface area contributed by atoms with Gasteiger partial charge in [-0.2, -0.15) is 0 Å². The smallest absolute Gasteiger partial charge is 0.0249 e. The summed E-state index contributed by atoms with van der Waals surface area (Å²) in [5.74, 6) is 2.53. The summed E-state index contributed by atoms with van der Waals surface area (Å²) in [5, 5.41) is 3.70. The van der Waals surface area contributed by atoms with Crippen LogP contribution in [0.1, 0.15) is 40.0 Å². The lowest BCUT2D eigenvalue weighted by molar-refractivity contribution is 0.0624. The van der Waals surface area contributed by atoms with E-state index in [0.717, 1.165) is 30.9 Å². The molecule has 1 N–H and O–H groups in total. The molecule has 0 bridgehead atoms. The van der Waals surface area contributed by atoms with Crippen LogP contribution in [0.5, 0.6) is 0 Å². The van der Waals surface area contributed by atoms with E-state index in [4.69, 9.17) is 0 Å². The van der Waals surface area contributed by atoms with Crippen LogP contribution in [0, 0.1) is 5.92 Å². The maximum absolute atomic E-state index is 11.5. The molecule has 0 aromatic heterocycles. The van der Waals surface area contributed by atoms with Gasteiger partial charge in [0.25, 0.3) is 0 Å². The molecule has 0 aromatic rings. The Balaban J connectivity index is 1.99. The summed E-state index contributed by atoms with van der Waals surface area (Å²) in [6.07, 6.45) is 3.49. The number of hydrogen-bond donors (Lipinski definition) is 1. The molecule has 2 heterocycles. The molecule has 0 spiro atoms. The first-order valence-corrected chi connectivity index (χ1v) is 8.94. The van der Waals surface area contributed by atoms with E-state index in [9.17, 15) is 4.21 Å². The molecule has 0 saturated carbocycles. The fraction of sp³-hybridized carbons (Fsp3) is 1.00. The summed E-state index contributed by atoms with van der Waals surface area (Å²) in [4.78, 5) is 2.72. The molecule has 18 heavy (non-hydrogen) atoms. The minimum absolute atomic E-state index is 0.538. The van der Waals surface area contributed by atoms with Crippen molar-refractivity contribution in [3.8, 4) is 0 Å². The van der Waals surface area contributed by atoms with Gasteiger partial charge >= 0.3 is 0 Å². The van der Waals surface area contributed by atoms with Crippen LogP contribution in [0.2, 0.25) is 0 Å². The molecular formula is C14H28N2OS. The Hall–Kier alpha value is 0.0700. The molecule has 2 aliphatic heterocycles. The lowest BCUT2D eigenvalue weighted by Crippen LogP contribution is -2.61. The number of rotatable bonds is 3. The second-order valence-electron chi connectivity index (χ2n) is 6.10. The van der Waals surface area contributed by atoms with Gasteiger partial charge in [0.15, 0.2) is 0 Å². The Bertz CT molecular complexity index is 286. The Morgan fingerprint density at radius 1 is 1.33 bits per heavy atom. The van der Waals surface area contributed by atoms with Gasteiger partial charge in [-0.3, -0.25) is 9.11 Å². The lowest BCUT2D eigenvalue weighted by atomic mass is 9.95. The van der Waals surface area contributed by atoms with Crippen LogP contribution in [0.3, 0.4) is 0 Å². The van der Waals surface area contributed by atoms with Crippen molar-refractivity contribution >= 4 is 10.8 Å². The van der Waals surface area contributed by atoms with Gasteiger partial charge in [0.2, 0.25) is 0 Å². The summed E-state index contributed by atoms with van der Waals surface area (Å²) in [6, 6.07) is 1.98. The molecule has 2 saturated heterocycles. The average molecular weight is 272 g/mol. The van der Waals surface area contributed by atoms with Gasteiger partial charge in [-0.1, -0.05) is 20.8 Å². The van der Waals surface area contributed by atoms with E-state index in [-0.39, 0.29) is 0 Å². The highest BCUT2D eigenvalue weighted by atomic mass is 32.2. The molecule has 106 valence electrons. The van der Waals surface area contributed by atoms with Crippen molar-refractivity contribution in [1.82, 2.24) is 10.2 Å². The molecule has 0 aromatic carbocycles. The van der Waals surface area contributed by atoms with Gasteiger partial charge in [0.1, 0.15) is 0 Å². The van der Waals surface area contributed by atoms with Gasteiger partial charge in [0, 0.05) is 53.5 Å². The van der Waals surface area contributed by atoms with Crippen molar-refractivity contribution in [1.29, 1.82) is 0 Å². The van der Waals surface area contributed by atoms with E-state index in [1.807, 2.05) is 0 Å². The SMILES string of the molecule is CCC1CNC(C(C)C)CN1C1CCS(=O)CC1. The van der Waals surface area contributed by atoms with Crippen molar-refractivity contribution in [2.45, 2.75) is 58.2 Å². The van der Waals surface area contributed by atoms with Crippen LogP contribution in [-0.4, -0.2) is 51.8 Å². The largest absolute Gasteiger partial charge is 0.311 e. The molecule has 2 unspecified atom stereocenters. The van der Waals surface area contributed by atoms with Gasteiger partial charge in [-0.25, -0.2) is 0 Å². The zero-order valence-electron chi connectivity index (χ0n) is 12.0. The third kappa shape index (κ3) is 3.34. The van der Waals surface area contributed by atoms with Gasteiger partial charge in [0.05, 0.1) is 0 Å². The maximum Gasteiger partial charge on any atom is 0.0249 e. The Morgan fingerprint density at radius 3 is 2.56 bits per heavy atom. The number of nitrogens with zero attached hydrogens (tertiary/aromatic N) is 1. The monoisotopic (exact) mass is 272 g/mol. The Labute approximate surface area is 114 Å². The topological polar surface area (TPSA) is 32.3 Å².